The predicted octanol–water partition coefficient (Wildman–Crippen LogP) is 0.686. The molecule has 0 bridgehead atoms. The normalized spacial score (nSPS) is 29.5. The second kappa shape index (κ2) is 4.81. The van der Waals surface area contributed by atoms with Crippen molar-refractivity contribution in [2.24, 2.45) is 5.73 Å². The van der Waals surface area contributed by atoms with Gasteiger partial charge in [0.05, 0.1) is 12.1 Å². The van der Waals surface area contributed by atoms with E-state index in [0.717, 1.165) is 12.8 Å². The van der Waals surface area contributed by atoms with Crippen LogP contribution >= 0.6 is 0 Å². The number of nitrogens with two attached hydrogens (primary N) is 1. The first-order valence-electron chi connectivity index (χ1n) is 5.51. The lowest BCUT2D eigenvalue weighted by molar-refractivity contribution is -0.188. The van der Waals surface area contributed by atoms with Crippen LogP contribution in [-0.2, 0) is 4.79 Å². The van der Waals surface area contributed by atoms with Crippen molar-refractivity contribution in [2.45, 2.75) is 56.5 Å². The minimum Gasteiger partial charge on any atom is -0.391 e. The Morgan fingerprint density at radius 2 is 1.88 bits per heavy atom. The second-order valence-electron chi connectivity index (χ2n) is 4.63. The molecule has 0 aliphatic heterocycles. The van der Waals surface area contributed by atoms with Crippen molar-refractivity contribution in [2.75, 3.05) is 0 Å². The summed E-state index contributed by atoms with van der Waals surface area (Å²) < 4.78 is 37.5. The lowest BCUT2D eigenvalue weighted by atomic mass is 9.91. The summed E-state index contributed by atoms with van der Waals surface area (Å²) in [5.74, 6) is -1.30. The molecule has 1 aliphatic carbocycles. The van der Waals surface area contributed by atoms with E-state index in [2.05, 4.69) is 5.32 Å². The summed E-state index contributed by atoms with van der Waals surface area (Å²) in [7, 11) is 0. The molecule has 1 fully saturated rings. The minimum atomic E-state index is -4.81. The van der Waals surface area contributed by atoms with E-state index in [9.17, 15) is 23.1 Å². The number of carbonyl (C=O) groups is 1. The van der Waals surface area contributed by atoms with Crippen molar-refractivity contribution >= 4 is 5.91 Å². The molecular formula is C10H17F3N2O2. The van der Waals surface area contributed by atoms with E-state index in [1.807, 2.05) is 0 Å². The van der Waals surface area contributed by atoms with Gasteiger partial charge in [0.2, 0.25) is 5.91 Å². The number of alkyl halides is 3. The molecule has 17 heavy (non-hydrogen) atoms. The van der Waals surface area contributed by atoms with Gasteiger partial charge in [-0.3, -0.25) is 4.79 Å². The number of aliphatic hydroxyl groups excluding tert-OH is 1. The quantitative estimate of drug-likeness (QED) is 0.678. The van der Waals surface area contributed by atoms with Gasteiger partial charge in [-0.05, 0) is 19.8 Å². The van der Waals surface area contributed by atoms with E-state index >= 15 is 0 Å². The minimum absolute atomic E-state index is 0.473. The van der Waals surface area contributed by atoms with Crippen LogP contribution in [0.5, 0.6) is 0 Å². The van der Waals surface area contributed by atoms with Crippen molar-refractivity contribution < 1.29 is 23.1 Å². The summed E-state index contributed by atoms with van der Waals surface area (Å²) in [6.45, 7) is 0.623. The monoisotopic (exact) mass is 254 g/mol. The van der Waals surface area contributed by atoms with Crippen LogP contribution in [-0.4, -0.2) is 34.9 Å². The maximum atomic E-state index is 12.5. The Labute approximate surface area is 97.4 Å². The topological polar surface area (TPSA) is 75.4 Å². The van der Waals surface area contributed by atoms with E-state index in [4.69, 9.17) is 5.73 Å². The first-order valence-corrected chi connectivity index (χ1v) is 5.51. The summed E-state index contributed by atoms with van der Waals surface area (Å²) in [6, 6.07) is -0.638. The highest BCUT2D eigenvalue weighted by Gasteiger charge is 2.54. The number of carbonyl (C=O) groups excluding carboxylic acids is 1. The van der Waals surface area contributed by atoms with Gasteiger partial charge in [-0.1, -0.05) is 12.8 Å². The summed E-state index contributed by atoms with van der Waals surface area (Å²) in [4.78, 5) is 11.5. The fourth-order valence-corrected chi connectivity index (χ4v) is 1.73. The number of halogens is 3. The van der Waals surface area contributed by atoms with Crippen LogP contribution in [0.25, 0.3) is 0 Å². The molecule has 100 valence electrons. The van der Waals surface area contributed by atoms with Crippen molar-refractivity contribution in [1.82, 2.24) is 5.32 Å². The van der Waals surface area contributed by atoms with E-state index in [1.54, 1.807) is 0 Å². The van der Waals surface area contributed by atoms with Crippen molar-refractivity contribution in [1.29, 1.82) is 0 Å². The Morgan fingerprint density at radius 1 is 1.35 bits per heavy atom. The van der Waals surface area contributed by atoms with Gasteiger partial charge in [-0.25, -0.2) is 0 Å². The highest BCUT2D eigenvalue weighted by atomic mass is 19.4. The average Bonchev–Trinajstić information content (AvgIpc) is 2.19. The van der Waals surface area contributed by atoms with Crippen LogP contribution in [0.3, 0.4) is 0 Å². The highest BCUT2D eigenvalue weighted by Crippen LogP contribution is 2.28. The third kappa shape index (κ3) is 3.10. The number of amides is 1. The SMILES string of the molecule is CC(N)(C(=O)N[C@@H]1CCCC[C@H]1O)C(F)(F)F. The van der Waals surface area contributed by atoms with Crippen LogP contribution in [0.4, 0.5) is 13.2 Å². The van der Waals surface area contributed by atoms with Crippen LogP contribution in [0.1, 0.15) is 32.6 Å². The largest absolute Gasteiger partial charge is 0.415 e. The summed E-state index contributed by atoms with van der Waals surface area (Å²) in [5, 5.41) is 11.7. The standard InChI is InChI=1S/C10H17F3N2O2/c1-9(14,10(11,12)13)8(17)15-6-4-2-3-5-7(6)16/h6-7,16H,2-5,14H2,1H3,(H,15,17)/t6-,7-,9?/m1/s1. The molecule has 0 spiro atoms. The molecule has 0 saturated heterocycles. The van der Waals surface area contributed by atoms with Crippen LogP contribution < -0.4 is 11.1 Å². The molecule has 0 radical (unpaired) electrons. The first-order chi connectivity index (χ1) is 7.66. The summed E-state index contributed by atoms with van der Waals surface area (Å²) in [5.41, 5.74) is 2.05. The Morgan fingerprint density at radius 3 is 2.35 bits per heavy atom. The lowest BCUT2D eigenvalue weighted by Gasteiger charge is -2.32. The average molecular weight is 254 g/mol. The molecule has 1 amide bonds. The molecule has 0 aromatic carbocycles. The molecule has 0 heterocycles. The van der Waals surface area contributed by atoms with Gasteiger partial charge in [0.1, 0.15) is 0 Å². The van der Waals surface area contributed by atoms with Gasteiger partial charge in [0.25, 0.3) is 0 Å². The van der Waals surface area contributed by atoms with Gasteiger partial charge < -0.3 is 16.2 Å². The molecule has 7 heteroatoms. The van der Waals surface area contributed by atoms with Crippen molar-refractivity contribution in [3.05, 3.63) is 0 Å². The Kier molecular flexibility index (Phi) is 4.03. The lowest BCUT2D eigenvalue weighted by Crippen LogP contribution is -2.63. The third-order valence-electron chi connectivity index (χ3n) is 3.11. The van der Waals surface area contributed by atoms with E-state index in [1.165, 1.54) is 0 Å². The number of aliphatic hydroxyl groups is 1. The van der Waals surface area contributed by atoms with Crippen molar-refractivity contribution in [3.8, 4) is 0 Å². The van der Waals surface area contributed by atoms with Crippen molar-refractivity contribution in [3.63, 3.8) is 0 Å². The summed E-state index contributed by atoms with van der Waals surface area (Å²) >= 11 is 0. The fourth-order valence-electron chi connectivity index (χ4n) is 1.73. The predicted molar refractivity (Wildman–Crippen MR) is 55.1 cm³/mol. The van der Waals surface area contributed by atoms with Crippen LogP contribution in [0, 0.1) is 0 Å². The zero-order valence-corrected chi connectivity index (χ0v) is 9.55. The molecule has 3 atom stereocenters. The Bertz CT molecular complexity index is 292. The van der Waals surface area contributed by atoms with Crippen LogP contribution in [0.2, 0.25) is 0 Å². The molecule has 0 aromatic heterocycles. The number of nitrogens with one attached hydrogen (secondary N) is 1. The second-order valence-corrected chi connectivity index (χ2v) is 4.63. The van der Waals surface area contributed by atoms with E-state index in [0.29, 0.717) is 19.8 Å². The first kappa shape index (κ1) is 14.2. The number of hydrogen-bond acceptors (Lipinski definition) is 3. The maximum Gasteiger partial charge on any atom is 0.415 e. The zero-order chi connectivity index (χ0) is 13.3. The molecule has 1 rings (SSSR count). The smallest absolute Gasteiger partial charge is 0.391 e. The van der Waals surface area contributed by atoms with Gasteiger partial charge in [0.15, 0.2) is 5.54 Å². The molecule has 1 unspecified atom stereocenters. The zero-order valence-electron chi connectivity index (χ0n) is 9.55. The highest BCUT2D eigenvalue weighted by molar-refractivity contribution is 5.86. The number of rotatable bonds is 2. The number of hydrogen-bond donors (Lipinski definition) is 3. The maximum absolute atomic E-state index is 12.5. The van der Waals surface area contributed by atoms with E-state index < -0.39 is 29.8 Å². The molecular weight excluding hydrogens is 237 g/mol. The molecule has 0 aromatic rings. The molecule has 4 nitrogen and oxygen atoms in total. The third-order valence-corrected chi connectivity index (χ3v) is 3.11. The van der Waals surface area contributed by atoms with Crippen LogP contribution in [0.15, 0.2) is 0 Å². The Hall–Kier alpha value is -0.820. The fraction of sp³-hybridized carbons (Fsp3) is 0.900. The van der Waals surface area contributed by atoms with E-state index in [-0.39, 0.29) is 0 Å². The van der Waals surface area contributed by atoms with Gasteiger partial charge in [-0.15, -0.1) is 0 Å². The summed E-state index contributed by atoms with van der Waals surface area (Å²) in [6.07, 6.45) is -3.06. The van der Waals surface area contributed by atoms with Gasteiger partial charge in [-0.2, -0.15) is 13.2 Å². The molecule has 1 aliphatic rings. The van der Waals surface area contributed by atoms with Gasteiger partial charge >= 0.3 is 6.18 Å². The Balaban J connectivity index is 2.65. The molecule has 1 saturated carbocycles. The van der Waals surface area contributed by atoms with Gasteiger partial charge in [0, 0.05) is 0 Å². The molecule has 4 N–H and O–H groups in total.